The summed E-state index contributed by atoms with van der Waals surface area (Å²) in [6, 6.07) is -1.52. The van der Waals surface area contributed by atoms with Crippen molar-refractivity contribution in [1.29, 1.82) is 0 Å². The Balaban J connectivity index is 2.35. The molecule has 0 aromatic heterocycles. The Morgan fingerprint density at radius 1 is 1.45 bits per heavy atom. The van der Waals surface area contributed by atoms with Crippen LogP contribution in [0, 0.1) is 0 Å². The van der Waals surface area contributed by atoms with Gasteiger partial charge in [-0.3, -0.25) is 14.2 Å². The van der Waals surface area contributed by atoms with Crippen LogP contribution in [0.2, 0.25) is 0 Å². The Morgan fingerprint density at radius 3 is 2.50 bits per heavy atom. The van der Waals surface area contributed by atoms with Gasteiger partial charge in [-0.25, -0.2) is 4.79 Å². The van der Waals surface area contributed by atoms with E-state index in [1.54, 1.807) is 20.8 Å². The Hall–Kier alpha value is -1.43. The molecular formula is C11H19N3O7S. The summed E-state index contributed by atoms with van der Waals surface area (Å²) in [5.74, 6) is -0.845. The third kappa shape index (κ3) is 3.02. The number of carbonyl (C=O) groups is 2. The van der Waals surface area contributed by atoms with Crippen molar-refractivity contribution in [2.75, 3.05) is 6.54 Å². The van der Waals surface area contributed by atoms with Crippen molar-refractivity contribution in [1.82, 2.24) is 9.96 Å². The smallest absolute Gasteiger partial charge is 0.365 e. The van der Waals surface area contributed by atoms with Gasteiger partial charge in [0.1, 0.15) is 0 Å². The van der Waals surface area contributed by atoms with Gasteiger partial charge in [-0.1, -0.05) is 0 Å². The Kier molecular flexibility index (Phi) is 3.88. The lowest BCUT2D eigenvalue weighted by molar-refractivity contribution is -0.206. The van der Waals surface area contributed by atoms with Crippen molar-refractivity contribution < 1.29 is 31.6 Å². The second kappa shape index (κ2) is 5.05. The Labute approximate surface area is 128 Å². The number of fused-ring (bicyclic) bond motifs is 2. The highest BCUT2D eigenvalue weighted by atomic mass is 32.3. The molecule has 2 heterocycles. The third-order valence-electron chi connectivity index (χ3n) is 3.43. The second-order valence-corrected chi connectivity index (χ2v) is 7.28. The number of nitrogens with two attached hydrogens (primary N) is 1. The van der Waals surface area contributed by atoms with Gasteiger partial charge in [-0.15, -0.1) is 4.28 Å². The van der Waals surface area contributed by atoms with E-state index in [-0.39, 0.29) is 19.4 Å². The number of carbonyl (C=O) groups excluding carboxylic acids is 2. The third-order valence-corrected chi connectivity index (χ3v) is 3.78. The summed E-state index contributed by atoms with van der Waals surface area (Å²) in [5.41, 5.74) is 3.00. The largest absolute Gasteiger partial charge is 0.418 e. The number of piperidine rings is 1. The van der Waals surface area contributed by atoms with Crippen LogP contribution in [0.5, 0.6) is 0 Å². The number of rotatable bonds is 4. The highest BCUT2D eigenvalue weighted by Gasteiger charge is 2.59. The molecule has 11 heteroatoms. The summed E-state index contributed by atoms with van der Waals surface area (Å²) in [4.78, 5) is 25.3. The van der Waals surface area contributed by atoms with Crippen LogP contribution in [0.4, 0.5) is 4.79 Å². The van der Waals surface area contributed by atoms with Crippen LogP contribution in [0.1, 0.15) is 33.6 Å². The first-order chi connectivity index (χ1) is 9.86. The summed E-state index contributed by atoms with van der Waals surface area (Å²) in [6.07, 6.45) is 0.331. The van der Waals surface area contributed by atoms with E-state index in [4.69, 9.17) is 15.0 Å². The van der Waals surface area contributed by atoms with E-state index in [0.29, 0.717) is 5.06 Å². The van der Waals surface area contributed by atoms with Gasteiger partial charge < -0.3 is 10.5 Å². The first-order valence-corrected chi connectivity index (χ1v) is 8.00. The quantitative estimate of drug-likeness (QED) is 0.666. The molecular weight excluding hydrogens is 318 g/mol. The molecule has 0 radical (unpaired) electrons. The maximum Gasteiger partial charge on any atom is 0.418 e. The SMILES string of the molecule is CC(C)(C)OC1(C(N)=O)CCC2CN1C(=O)N2OS(=O)(=O)O. The average Bonchev–Trinajstić information content (AvgIpc) is 2.56. The molecule has 126 valence electrons. The maximum atomic E-state index is 12.3. The first kappa shape index (κ1) is 16.9. The zero-order valence-corrected chi connectivity index (χ0v) is 13.3. The lowest BCUT2D eigenvalue weighted by Gasteiger charge is -2.44. The van der Waals surface area contributed by atoms with E-state index in [1.165, 1.54) is 0 Å². The summed E-state index contributed by atoms with van der Waals surface area (Å²) < 4.78 is 40.5. The number of hydroxylamine groups is 2. The van der Waals surface area contributed by atoms with Crippen LogP contribution >= 0.6 is 0 Å². The zero-order chi connectivity index (χ0) is 16.9. The molecule has 2 rings (SSSR count). The number of urea groups is 1. The topological polar surface area (TPSA) is 139 Å². The molecule has 2 aliphatic rings. The second-order valence-electron chi connectivity index (χ2n) is 6.28. The maximum absolute atomic E-state index is 12.3. The van der Waals surface area contributed by atoms with E-state index in [2.05, 4.69) is 4.28 Å². The van der Waals surface area contributed by atoms with Crippen LogP contribution in [-0.4, -0.2) is 58.8 Å². The van der Waals surface area contributed by atoms with Crippen LogP contribution in [0.15, 0.2) is 0 Å². The molecule has 2 fully saturated rings. The molecule has 0 saturated carbocycles. The number of hydrogen-bond donors (Lipinski definition) is 2. The predicted octanol–water partition coefficient (Wildman–Crippen LogP) is -0.382. The number of amides is 3. The van der Waals surface area contributed by atoms with Gasteiger partial charge in [0, 0.05) is 13.0 Å². The number of nitrogens with zero attached hydrogens (tertiary/aromatic N) is 2. The molecule has 10 nitrogen and oxygen atoms in total. The van der Waals surface area contributed by atoms with Crippen LogP contribution in [0.3, 0.4) is 0 Å². The number of hydrogen-bond acceptors (Lipinski definition) is 6. The normalized spacial score (nSPS) is 29.1. The summed E-state index contributed by atoms with van der Waals surface area (Å²) >= 11 is 0. The van der Waals surface area contributed by atoms with Gasteiger partial charge >= 0.3 is 16.4 Å². The highest BCUT2D eigenvalue weighted by Crippen LogP contribution is 2.40. The molecule has 2 saturated heterocycles. The van der Waals surface area contributed by atoms with Gasteiger partial charge in [0.25, 0.3) is 5.91 Å². The monoisotopic (exact) mass is 337 g/mol. The molecule has 2 aliphatic heterocycles. The molecule has 2 bridgehead atoms. The van der Waals surface area contributed by atoms with Gasteiger partial charge in [-0.05, 0) is 27.2 Å². The van der Waals surface area contributed by atoms with Crippen molar-refractivity contribution >= 4 is 22.3 Å². The van der Waals surface area contributed by atoms with E-state index < -0.39 is 39.7 Å². The number of primary amides is 1. The van der Waals surface area contributed by atoms with Crippen molar-refractivity contribution in [2.45, 2.75) is 51.0 Å². The van der Waals surface area contributed by atoms with Gasteiger partial charge in [0.05, 0.1) is 11.6 Å². The first-order valence-electron chi connectivity index (χ1n) is 6.64. The van der Waals surface area contributed by atoms with E-state index in [0.717, 1.165) is 4.90 Å². The van der Waals surface area contributed by atoms with Crippen molar-refractivity contribution in [3.63, 3.8) is 0 Å². The number of ether oxygens (including phenoxy) is 1. The van der Waals surface area contributed by atoms with E-state index in [1.807, 2.05) is 0 Å². The summed E-state index contributed by atoms with van der Waals surface area (Å²) in [6.45, 7) is 5.12. The molecule has 0 aromatic rings. The fourth-order valence-electron chi connectivity index (χ4n) is 2.76. The van der Waals surface area contributed by atoms with Crippen LogP contribution in [0.25, 0.3) is 0 Å². The molecule has 22 heavy (non-hydrogen) atoms. The van der Waals surface area contributed by atoms with Crippen molar-refractivity contribution in [3.8, 4) is 0 Å². The minimum Gasteiger partial charge on any atom is -0.365 e. The summed E-state index contributed by atoms with van der Waals surface area (Å²) in [5, 5.41) is 0.534. The predicted molar refractivity (Wildman–Crippen MR) is 72.4 cm³/mol. The van der Waals surface area contributed by atoms with Crippen LogP contribution in [-0.2, 0) is 24.2 Å². The fraction of sp³-hybridized carbons (Fsp3) is 0.818. The molecule has 3 N–H and O–H groups in total. The van der Waals surface area contributed by atoms with Crippen molar-refractivity contribution in [2.24, 2.45) is 5.73 Å². The molecule has 2 atom stereocenters. The van der Waals surface area contributed by atoms with E-state index >= 15 is 0 Å². The lowest BCUT2D eigenvalue weighted by Crippen LogP contribution is -2.63. The lowest BCUT2D eigenvalue weighted by atomic mass is 9.95. The molecule has 0 spiro atoms. The molecule has 0 aromatic carbocycles. The molecule has 0 aliphatic carbocycles. The standard InChI is InChI=1S/C11H19N3O7S/c1-10(2,3)20-11(8(12)15)5-4-7-6-13(11)9(16)14(7)21-22(17,18)19/h7H,4-6H2,1-3H3,(H2,12,15)(H,17,18,19). The molecule has 3 amide bonds. The minimum atomic E-state index is -4.85. The Morgan fingerprint density at radius 2 is 2.05 bits per heavy atom. The summed E-state index contributed by atoms with van der Waals surface area (Å²) in [7, 11) is -4.85. The average molecular weight is 337 g/mol. The Bertz CT molecular complexity index is 599. The highest BCUT2D eigenvalue weighted by molar-refractivity contribution is 7.80. The zero-order valence-electron chi connectivity index (χ0n) is 12.5. The van der Waals surface area contributed by atoms with Gasteiger partial charge in [-0.2, -0.15) is 13.5 Å². The van der Waals surface area contributed by atoms with Gasteiger partial charge in [0.2, 0.25) is 5.72 Å². The van der Waals surface area contributed by atoms with Crippen LogP contribution < -0.4 is 5.73 Å². The minimum absolute atomic E-state index is 0.00731. The molecule has 2 unspecified atom stereocenters. The van der Waals surface area contributed by atoms with Crippen molar-refractivity contribution in [3.05, 3.63) is 0 Å². The fourth-order valence-corrected chi connectivity index (χ4v) is 3.15. The van der Waals surface area contributed by atoms with E-state index in [9.17, 15) is 18.0 Å². The van der Waals surface area contributed by atoms with Gasteiger partial charge in [0.15, 0.2) is 0 Å².